The highest BCUT2D eigenvalue weighted by atomic mass is 16.2. The van der Waals surface area contributed by atoms with Gasteiger partial charge in [-0.1, -0.05) is 6.92 Å². The molecular weight excluding hydrogens is 418 g/mol. The Hall–Kier alpha value is -2.52. The number of anilines is 1. The average Bonchev–Trinajstić information content (AvgIpc) is 2.86. The summed E-state index contributed by atoms with van der Waals surface area (Å²) in [6.45, 7) is 13.5. The summed E-state index contributed by atoms with van der Waals surface area (Å²) in [4.78, 5) is 41.6. The summed E-state index contributed by atoms with van der Waals surface area (Å²) in [5.74, 6) is 0.622. The summed E-state index contributed by atoms with van der Waals surface area (Å²) in [6, 6.07) is 3.73. The van der Waals surface area contributed by atoms with Crippen molar-refractivity contribution in [2.75, 3.05) is 63.8 Å². The molecule has 0 radical (unpaired) electrons. The van der Waals surface area contributed by atoms with Crippen LogP contribution in [0.5, 0.6) is 0 Å². The first-order chi connectivity index (χ1) is 16.1. The zero-order valence-electron chi connectivity index (χ0n) is 20.0. The first-order valence-electron chi connectivity index (χ1n) is 12.4. The maximum Gasteiger partial charge on any atom is 0.295 e. The Balaban J connectivity index is 1.25. The lowest BCUT2D eigenvalue weighted by Crippen LogP contribution is -2.47. The number of hydrogen-bond donors (Lipinski definition) is 1. The molecule has 0 aliphatic carbocycles. The number of rotatable bonds is 8. The van der Waals surface area contributed by atoms with Gasteiger partial charge in [-0.2, -0.15) is 0 Å². The molecule has 0 unspecified atom stereocenters. The second kappa shape index (κ2) is 11.1. The SMILES string of the molecule is CCN1CCN(CCCNC(=O)C2CCN(c3nc4cccnc4n(CC)c3=O)CC2)CC1. The van der Waals surface area contributed by atoms with Gasteiger partial charge in [-0.15, -0.1) is 0 Å². The van der Waals surface area contributed by atoms with Crippen molar-refractivity contribution in [3.05, 3.63) is 28.7 Å². The Kier molecular flexibility index (Phi) is 7.93. The number of piperidine rings is 1. The van der Waals surface area contributed by atoms with Crippen LogP contribution >= 0.6 is 0 Å². The maximum absolute atomic E-state index is 13.0. The van der Waals surface area contributed by atoms with Crippen molar-refractivity contribution in [2.45, 2.75) is 39.7 Å². The lowest BCUT2D eigenvalue weighted by molar-refractivity contribution is -0.125. The van der Waals surface area contributed by atoms with Crippen LogP contribution in [0.25, 0.3) is 11.2 Å². The molecule has 2 saturated heterocycles. The van der Waals surface area contributed by atoms with Gasteiger partial charge < -0.3 is 20.0 Å². The van der Waals surface area contributed by atoms with Crippen LogP contribution in [0.15, 0.2) is 23.1 Å². The van der Waals surface area contributed by atoms with Crippen LogP contribution in [0, 0.1) is 5.92 Å². The number of carbonyl (C=O) groups is 1. The van der Waals surface area contributed by atoms with E-state index >= 15 is 0 Å². The van der Waals surface area contributed by atoms with Crippen molar-refractivity contribution in [2.24, 2.45) is 5.92 Å². The predicted molar refractivity (Wildman–Crippen MR) is 131 cm³/mol. The first kappa shape index (κ1) is 23.6. The van der Waals surface area contributed by atoms with Crippen molar-refractivity contribution in [3.8, 4) is 0 Å². The molecule has 9 nitrogen and oxygen atoms in total. The smallest absolute Gasteiger partial charge is 0.295 e. The lowest BCUT2D eigenvalue weighted by Gasteiger charge is -2.34. The number of nitrogens with zero attached hydrogens (tertiary/aromatic N) is 6. The minimum absolute atomic E-state index is 0.00451. The minimum Gasteiger partial charge on any atom is -0.356 e. The fourth-order valence-corrected chi connectivity index (χ4v) is 4.90. The van der Waals surface area contributed by atoms with Crippen LogP contribution in [0.2, 0.25) is 0 Å². The molecule has 1 amide bonds. The van der Waals surface area contributed by atoms with Crippen LogP contribution in [0.3, 0.4) is 0 Å². The summed E-state index contributed by atoms with van der Waals surface area (Å²) in [6.07, 6.45) is 4.15. The quantitative estimate of drug-likeness (QED) is 0.598. The van der Waals surface area contributed by atoms with Gasteiger partial charge >= 0.3 is 0 Å². The summed E-state index contributed by atoms with van der Waals surface area (Å²) >= 11 is 0. The number of piperazine rings is 1. The number of hydrogen-bond acceptors (Lipinski definition) is 7. The van der Waals surface area contributed by atoms with Crippen molar-refractivity contribution in [1.29, 1.82) is 0 Å². The van der Waals surface area contributed by atoms with Gasteiger partial charge in [-0.3, -0.25) is 14.2 Å². The van der Waals surface area contributed by atoms with Crippen molar-refractivity contribution in [3.63, 3.8) is 0 Å². The van der Waals surface area contributed by atoms with Crippen molar-refractivity contribution in [1.82, 2.24) is 29.7 Å². The Labute approximate surface area is 195 Å². The third-order valence-electron chi connectivity index (χ3n) is 7.03. The Morgan fingerprint density at radius 1 is 1.06 bits per heavy atom. The molecule has 33 heavy (non-hydrogen) atoms. The highest BCUT2D eigenvalue weighted by molar-refractivity contribution is 5.79. The number of carbonyl (C=O) groups excluding carboxylic acids is 1. The average molecular weight is 456 g/mol. The number of likely N-dealkylation sites (N-methyl/N-ethyl adjacent to an activating group) is 1. The topological polar surface area (TPSA) is 86.6 Å². The maximum atomic E-state index is 13.0. The highest BCUT2D eigenvalue weighted by Gasteiger charge is 2.27. The van der Waals surface area contributed by atoms with E-state index in [0.717, 1.165) is 70.6 Å². The van der Waals surface area contributed by atoms with E-state index in [1.165, 1.54) is 0 Å². The molecule has 9 heteroatoms. The summed E-state index contributed by atoms with van der Waals surface area (Å²) in [5.41, 5.74) is 1.24. The molecule has 2 aromatic heterocycles. The molecule has 2 fully saturated rings. The predicted octanol–water partition coefficient (Wildman–Crippen LogP) is 1.17. The van der Waals surface area contributed by atoms with Gasteiger partial charge in [0.25, 0.3) is 5.56 Å². The Morgan fingerprint density at radius 2 is 1.79 bits per heavy atom. The molecule has 0 aromatic carbocycles. The number of pyridine rings is 1. The molecule has 0 saturated carbocycles. The molecule has 2 aromatic rings. The second-order valence-corrected chi connectivity index (χ2v) is 9.01. The molecule has 4 heterocycles. The fraction of sp³-hybridized carbons (Fsp3) is 0.667. The van der Waals surface area contributed by atoms with Crippen LogP contribution in [-0.2, 0) is 11.3 Å². The van der Waals surface area contributed by atoms with E-state index in [0.29, 0.717) is 31.1 Å². The monoisotopic (exact) mass is 455 g/mol. The molecule has 1 N–H and O–H groups in total. The van der Waals surface area contributed by atoms with E-state index in [9.17, 15) is 9.59 Å². The molecule has 2 aliphatic rings. The minimum atomic E-state index is -0.105. The number of amides is 1. The highest BCUT2D eigenvalue weighted by Crippen LogP contribution is 2.21. The summed E-state index contributed by atoms with van der Waals surface area (Å²) < 4.78 is 1.68. The van der Waals surface area contributed by atoms with E-state index in [1.807, 2.05) is 24.0 Å². The van der Waals surface area contributed by atoms with Gasteiger partial charge in [0.2, 0.25) is 5.91 Å². The number of aryl methyl sites for hydroxylation is 1. The van der Waals surface area contributed by atoms with E-state index < -0.39 is 0 Å². The Bertz CT molecular complexity index is 992. The van der Waals surface area contributed by atoms with Gasteiger partial charge in [0, 0.05) is 64.5 Å². The number of aromatic nitrogens is 3. The normalized spacial score (nSPS) is 18.7. The van der Waals surface area contributed by atoms with Gasteiger partial charge in [0.05, 0.1) is 0 Å². The number of nitrogens with one attached hydrogen (secondary N) is 1. The van der Waals surface area contributed by atoms with E-state index in [4.69, 9.17) is 0 Å². The van der Waals surface area contributed by atoms with Gasteiger partial charge in [-0.05, 0) is 51.4 Å². The van der Waals surface area contributed by atoms with Crippen LogP contribution < -0.4 is 15.8 Å². The van der Waals surface area contributed by atoms with Gasteiger partial charge in [0.15, 0.2) is 11.5 Å². The molecule has 0 bridgehead atoms. The van der Waals surface area contributed by atoms with Crippen molar-refractivity contribution < 1.29 is 4.79 Å². The van der Waals surface area contributed by atoms with Crippen LogP contribution in [-0.4, -0.2) is 89.1 Å². The van der Waals surface area contributed by atoms with Crippen molar-refractivity contribution >= 4 is 22.9 Å². The van der Waals surface area contributed by atoms with Crippen LogP contribution in [0.4, 0.5) is 5.82 Å². The zero-order chi connectivity index (χ0) is 23.2. The largest absolute Gasteiger partial charge is 0.356 e. The molecule has 0 spiro atoms. The third kappa shape index (κ3) is 5.52. The first-order valence-corrected chi connectivity index (χ1v) is 12.4. The summed E-state index contributed by atoms with van der Waals surface area (Å²) in [5, 5.41) is 3.14. The lowest BCUT2D eigenvalue weighted by atomic mass is 9.96. The van der Waals surface area contributed by atoms with Gasteiger partial charge in [-0.25, -0.2) is 9.97 Å². The fourth-order valence-electron chi connectivity index (χ4n) is 4.90. The molecule has 4 rings (SSSR count). The number of fused-ring (bicyclic) bond motifs is 1. The third-order valence-corrected chi connectivity index (χ3v) is 7.03. The molecule has 2 aliphatic heterocycles. The van der Waals surface area contributed by atoms with E-state index in [2.05, 4.69) is 32.0 Å². The summed E-state index contributed by atoms with van der Waals surface area (Å²) in [7, 11) is 0. The second-order valence-electron chi connectivity index (χ2n) is 9.01. The standard InChI is InChI=1S/C24H37N7O2/c1-3-28-15-17-29(18-16-28)12-6-11-26-23(32)19-8-13-30(14-9-19)22-24(33)31(4-2)21-20(27-22)7-5-10-25-21/h5,7,10,19H,3-4,6,8-9,11-18H2,1-2H3,(H,26,32). The molecular formula is C24H37N7O2. The molecule has 0 atom stereocenters. The zero-order valence-corrected chi connectivity index (χ0v) is 20.0. The van der Waals surface area contributed by atoms with Crippen LogP contribution in [0.1, 0.15) is 33.1 Å². The Morgan fingerprint density at radius 3 is 2.48 bits per heavy atom. The van der Waals surface area contributed by atoms with Gasteiger partial charge in [0.1, 0.15) is 5.52 Å². The van der Waals surface area contributed by atoms with E-state index in [1.54, 1.807) is 10.8 Å². The van der Waals surface area contributed by atoms with E-state index in [-0.39, 0.29) is 17.4 Å². The molecule has 180 valence electrons.